The Morgan fingerprint density at radius 3 is 2.60 bits per heavy atom. The lowest BCUT2D eigenvalue weighted by Crippen LogP contribution is -2.14. The van der Waals surface area contributed by atoms with Gasteiger partial charge in [0.05, 0.1) is 31.7 Å². The second-order valence-electron chi connectivity index (χ2n) is 4.00. The number of nitrogens with zero attached hydrogens (tertiary/aromatic N) is 1. The van der Waals surface area contributed by atoms with Crippen LogP contribution in [-0.4, -0.2) is 25.1 Å². The van der Waals surface area contributed by atoms with E-state index in [1.807, 2.05) is 0 Å². The highest BCUT2D eigenvalue weighted by atomic mass is 16.5. The van der Waals surface area contributed by atoms with E-state index in [-0.39, 0.29) is 5.91 Å². The fraction of sp³-hybridized carbons (Fsp3) is 0.143. The van der Waals surface area contributed by atoms with Crippen molar-refractivity contribution in [2.24, 2.45) is 0 Å². The van der Waals surface area contributed by atoms with E-state index in [2.05, 4.69) is 10.3 Å². The second-order valence-corrected chi connectivity index (χ2v) is 4.00. The summed E-state index contributed by atoms with van der Waals surface area (Å²) in [5.41, 5.74) is 6.44. The fourth-order valence-corrected chi connectivity index (χ4v) is 1.65. The van der Waals surface area contributed by atoms with E-state index >= 15 is 0 Å². The van der Waals surface area contributed by atoms with Crippen LogP contribution in [0, 0.1) is 0 Å². The molecule has 6 nitrogen and oxygen atoms in total. The standard InChI is InChI=1S/C14H15N3O3/c1-19-10-4-5-12(20-2)11(7-10)14(18)17-13-6-3-9(15)8-16-13/h3-8H,15H2,1-2H3,(H,16,17,18). The minimum absolute atomic E-state index is 0.335. The lowest BCUT2D eigenvalue weighted by molar-refractivity contribution is 0.102. The van der Waals surface area contributed by atoms with Crippen molar-refractivity contribution < 1.29 is 14.3 Å². The highest BCUT2D eigenvalue weighted by Crippen LogP contribution is 2.24. The van der Waals surface area contributed by atoms with E-state index in [0.29, 0.717) is 28.6 Å². The van der Waals surface area contributed by atoms with Crippen LogP contribution in [0.5, 0.6) is 11.5 Å². The van der Waals surface area contributed by atoms with Crippen LogP contribution in [0.3, 0.4) is 0 Å². The Kier molecular flexibility index (Phi) is 4.05. The molecule has 20 heavy (non-hydrogen) atoms. The number of benzene rings is 1. The molecule has 1 amide bonds. The number of carbonyl (C=O) groups is 1. The van der Waals surface area contributed by atoms with Crippen molar-refractivity contribution in [1.29, 1.82) is 0 Å². The minimum atomic E-state index is -0.335. The summed E-state index contributed by atoms with van der Waals surface area (Å²) in [6.07, 6.45) is 1.47. The molecule has 6 heteroatoms. The lowest BCUT2D eigenvalue weighted by atomic mass is 10.1. The molecule has 0 saturated heterocycles. The molecule has 2 rings (SSSR count). The highest BCUT2D eigenvalue weighted by molar-refractivity contribution is 6.06. The summed E-state index contributed by atoms with van der Waals surface area (Å²) in [4.78, 5) is 16.2. The Labute approximate surface area is 116 Å². The van der Waals surface area contributed by atoms with Gasteiger partial charge in [0, 0.05) is 0 Å². The average molecular weight is 273 g/mol. The molecular weight excluding hydrogens is 258 g/mol. The summed E-state index contributed by atoms with van der Waals surface area (Å²) in [6, 6.07) is 8.28. The largest absolute Gasteiger partial charge is 0.497 e. The van der Waals surface area contributed by atoms with Gasteiger partial charge in [0.25, 0.3) is 5.91 Å². The molecule has 0 fully saturated rings. The van der Waals surface area contributed by atoms with Crippen LogP contribution in [0.2, 0.25) is 0 Å². The number of anilines is 2. The minimum Gasteiger partial charge on any atom is -0.497 e. The predicted octanol–water partition coefficient (Wildman–Crippen LogP) is 1.93. The third kappa shape index (κ3) is 2.97. The molecule has 0 spiro atoms. The van der Waals surface area contributed by atoms with Gasteiger partial charge in [0.2, 0.25) is 0 Å². The van der Waals surface area contributed by atoms with Crippen molar-refractivity contribution in [2.45, 2.75) is 0 Å². The number of nitrogen functional groups attached to an aromatic ring is 1. The number of ether oxygens (including phenoxy) is 2. The number of carbonyl (C=O) groups excluding carboxylic acids is 1. The first kappa shape index (κ1) is 13.7. The van der Waals surface area contributed by atoms with Crippen molar-refractivity contribution in [3.05, 3.63) is 42.1 Å². The van der Waals surface area contributed by atoms with Gasteiger partial charge in [0.15, 0.2) is 0 Å². The van der Waals surface area contributed by atoms with Crippen LogP contribution < -0.4 is 20.5 Å². The highest BCUT2D eigenvalue weighted by Gasteiger charge is 2.14. The Morgan fingerprint density at radius 1 is 1.20 bits per heavy atom. The van der Waals surface area contributed by atoms with E-state index in [0.717, 1.165) is 0 Å². The lowest BCUT2D eigenvalue weighted by Gasteiger charge is -2.10. The van der Waals surface area contributed by atoms with Gasteiger partial charge in [-0.15, -0.1) is 0 Å². The van der Waals surface area contributed by atoms with Crippen LogP contribution in [-0.2, 0) is 0 Å². The second kappa shape index (κ2) is 5.92. The summed E-state index contributed by atoms with van der Waals surface area (Å²) < 4.78 is 10.3. The monoisotopic (exact) mass is 273 g/mol. The number of pyridine rings is 1. The first-order chi connectivity index (χ1) is 9.63. The molecule has 0 aliphatic rings. The molecule has 1 aromatic carbocycles. The van der Waals surface area contributed by atoms with Gasteiger partial charge in [0.1, 0.15) is 17.3 Å². The van der Waals surface area contributed by atoms with Crippen molar-refractivity contribution in [3.63, 3.8) is 0 Å². The van der Waals surface area contributed by atoms with E-state index < -0.39 is 0 Å². The molecule has 0 aliphatic heterocycles. The fourth-order valence-electron chi connectivity index (χ4n) is 1.65. The molecular formula is C14H15N3O3. The van der Waals surface area contributed by atoms with Crippen LogP contribution in [0.15, 0.2) is 36.5 Å². The quantitative estimate of drug-likeness (QED) is 0.889. The Balaban J connectivity index is 2.25. The zero-order chi connectivity index (χ0) is 14.5. The Hall–Kier alpha value is -2.76. The number of rotatable bonds is 4. The summed E-state index contributed by atoms with van der Waals surface area (Å²) >= 11 is 0. The Morgan fingerprint density at radius 2 is 2.00 bits per heavy atom. The van der Waals surface area contributed by atoms with Crippen molar-refractivity contribution in [3.8, 4) is 11.5 Å². The molecule has 0 unspecified atom stereocenters. The van der Waals surface area contributed by atoms with Crippen molar-refractivity contribution in [2.75, 3.05) is 25.3 Å². The third-order valence-electron chi connectivity index (χ3n) is 2.68. The van der Waals surface area contributed by atoms with Gasteiger partial charge in [-0.1, -0.05) is 0 Å². The molecule has 1 heterocycles. The maximum atomic E-state index is 12.2. The summed E-state index contributed by atoms with van der Waals surface area (Å²) in [7, 11) is 3.03. The molecule has 104 valence electrons. The number of hydrogen-bond donors (Lipinski definition) is 2. The first-order valence-corrected chi connectivity index (χ1v) is 5.89. The van der Waals surface area contributed by atoms with Crippen LogP contribution in [0.25, 0.3) is 0 Å². The molecule has 0 aliphatic carbocycles. The van der Waals surface area contributed by atoms with Gasteiger partial charge in [-0.05, 0) is 30.3 Å². The van der Waals surface area contributed by atoms with Crippen molar-refractivity contribution >= 4 is 17.4 Å². The van der Waals surface area contributed by atoms with Gasteiger partial charge in [-0.2, -0.15) is 0 Å². The normalized spacial score (nSPS) is 9.90. The van der Waals surface area contributed by atoms with Crippen LogP contribution >= 0.6 is 0 Å². The molecule has 0 bridgehead atoms. The van der Waals surface area contributed by atoms with E-state index in [9.17, 15) is 4.79 Å². The van der Waals surface area contributed by atoms with Gasteiger partial charge in [-0.25, -0.2) is 4.98 Å². The molecule has 0 atom stereocenters. The number of hydrogen-bond acceptors (Lipinski definition) is 5. The summed E-state index contributed by atoms with van der Waals surface area (Å²) in [5.74, 6) is 1.10. The maximum Gasteiger partial charge on any atom is 0.260 e. The number of nitrogens with two attached hydrogens (primary N) is 1. The van der Waals surface area contributed by atoms with E-state index in [1.54, 1.807) is 30.3 Å². The van der Waals surface area contributed by atoms with E-state index in [4.69, 9.17) is 15.2 Å². The van der Waals surface area contributed by atoms with Gasteiger partial charge in [-0.3, -0.25) is 4.79 Å². The molecule has 1 aromatic heterocycles. The zero-order valence-electron chi connectivity index (χ0n) is 11.2. The third-order valence-corrected chi connectivity index (χ3v) is 2.68. The first-order valence-electron chi connectivity index (χ1n) is 5.89. The smallest absolute Gasteiger partial charge is 0.260 e. The number of amides is 1. The average Bonchev–Trinajstić information content (AvgIpc) is 2.48. The summed E-state index contributed by atoms with van der Waals surface area (Å²) in [6.45, 7) is 0. The van der Waals surface area contributed by atoms with Gasteiger partial charge < -0.3 is 20.5 Å². The Bertz CT molecular complexity index is 612. The van der Waals surface area contributed by atoms with Crippen molar-refractivity contribution in [1.82, 2.24) is 4.98 Å². The molecule has 2 aromatic rings. The number of methoxy groups -OCH3 is 2. The van der Waals surface area contributed by atoms with Crippen LogP contribution in [0.1, 0.15) is 10.4 Å². The number of nitrogens with one attached hydrogen (secondary N) is 1. The summed E-state index contributed by atoms with van der Waals surface area (Å²) in [5, 5.41) is 2.67. The molecule has 0 saturated carbocycles. The van der Waals surface area contributed by atoms with E-state index in [1.165, 1.54) is 20.4 Å². The number of aromatic nitrogens is 1. The van der Waals surface area contributed by atoms with Crippen LogP contribution in [0.4, 0.5) is 11.5 Å². The zero-order valence-corrected chi connectivity index (χ0v) is 11.2. The topological polar surface area (TPSA) is 86.5 Å². The predicted molar refractivity (Wildman–Crippen MR) is 76.1 cm³/mol. The molecule has 0 radical (unpaired) electrons. The SMILES string of the molecule is COc1ccc(OC)c(C(=O)Nc2ccc(N)cn2)c1. The molecule has 3 N–H and O–H groups in total. The van der Waals surface area contributed by atoms with Gasteiger partial charge >= 0.3 is 0 Å². The maximum absolute atomic E-state index is 12.2.